The van der Waals surface area contributed by atoms with E-state index in [1.807, 2.05) is 24.3 Å². The van der Waals surface area contributed by atoms with E-state index in [9.17, 15) is 4.79 Å². The van der Waals surface area contributed by atoms with E-state index < -0.39 is 0 Å². The fourth-order valence-corrected chi connectivity index (χ4v) is 3.04. The summed E-state index contributed by atoms with van der Waals surface area (Å²) in [6, 6.07) is 9.58. The number of aromatic nitrogens is 1. The summed E-state index contributed by atoms with van der Waals surface area (Å²) < 4.78 is 0. The SMILES string of the molecule is CC1CCC(NC(=O)c2cc(NN)nc3ccccc23)C1. The van der Waals surface area contributed by atoms with Gasteiger partial charge in [0.2, 0.25) is 0 Å². The topological polar surface area (TPSA) is 80.0 Å². The molecule has 1 aromatic carbocycles. The van der Waals surface area contributed by atoms with Gasteiger partial charge in [-0.1, -0.05) is 25.1 Å². The minimum Gasteiger partial charge on any atom is -0.349 e. The van der Waals surface area contributed by atoms with Gasteiger partial charge in [-0.25, -0.2) is 10.8 Å². The highest BCUT2D eigenvalue weighted by molar-refractivity contribution is 6.07. The van der Waals surface area contributed by atoms with Crippen LogP contribution in [0, 0.1) is 5.92 Å². The smallest absolute Gasteiger partial charge is 0.252 e. The zero-order valence-electron chi connectivity index (χ0n) is 12.1. The highest BCUT2D eigenvalue weighted by Crippen LogP contribution is 2.26. The summed E-state index contributed by atoms with van der Waals surface area (Å²) in [6.45, 7) is 2.23. The zero-order valence-corrected chi connectivity index (χ0v) is 12.1. The van der Waals surface area contributed by atoms with Gasteiger partial charge in [0, 0.05) is 11.4 Å². The second kappa shape index (κ2) is 5.69. The standard InChI is InChI=1S/C16H20N4O/c1-10-6-7-11(8-10)18-16(21)13-9-15(20-17)19-14-5-3-2-4-12(13)14/h2-5,9-11H,6-8,17H2,1H3,(H,18,21)(H,19,20). The molecule has 1 fully saturated rings. The number of nitrogens with zero attached hydrogens (tertiary/aromatic N) is 1. The third-order valence-electron chi connectivity index (χ3n) is 4.14. The van der Waals surface area contributed by atoms with Gasteiger partial charge in [-0.15, -0.1) is 0 Å². The van der Waals surface area contributed by atoms with E-state index >= 15 is 0 Å². The number of amides is 1. The average Bonchev–Trinajstić information content (AvgIpc) is 2.91. The Hall–Kier alpha value is -2.14. The van der Waals surface area contributed by atoms with Crippen LogP contribution in [0.25, 0.3) is 10.9 Å². The molecule has 0 saturated heterocycles. The average molecular weight is 284 g/mol. The molecule has 4 N–H and O–H groups in total. The zero-order chi connectivity index (χ0) is 14.8. The molecule has 3 rings (SSSR count). The van der Waals surface area contributed by atoms with Gasteiger partial charge in [-0.05, 0) is 37.3 Å². The van der Waals surface area contributed by atoms with Crippen LogP contribution in [0.2, 0.25) is 0 Å². The van der Waals surface area contributed by atoms with E-state index in [1.165, 1.54) is 6.42 Å². The van der Waals surface area contributed by atoms with Crippen LogP contribution in [0.3, 0.4) is 0 Å². The Kier molecular flexibility index (Phi) is 3.75. The summed E-state index contributed by atoms with van der Waals surface area (Å²) in [7, 11) is 0. The summed E-state index contributed by atoms with van der Waals surface area (Å²) in [4.78, 5) is 16.9. The number of hydrazine groups is 1. The van der Waals surface area contributed by atoms with Crippen LogP contribution >= 0.6 is 0 Å². The lowest BCUT2D eigenvalue weighted by molar-refractivity contribution is 0.0939. The van der Waals surface area contributed by atoms with Crippen LogP contribution in [0.15, 0.2) is 30.3 Å². The normalized spacial score (nSPS) is 21.4. The molecule has 1 amide bonds. The number of benzene rings is 1. The molecule has 1 heterocycles. The van der Waals surface area contributed by atoms with E-state index in [1.54, 1.807) is 6.07 Å². The number of nitrogens with one attached hydrogen (secondary N) is 2. The molecule has 1 saturated carbocycles. The number of carbonyl (C=O) groups excluding carboxylic acids is 1. The van der Waals surface area contributed by atoms with Crippen molar-refractivity contribution in [3.05, 3.63) is 35.9 Å². The third-order valence-corrected chi connectivity index (χ3v) is 4.14. The number of hydrogen-bond acceptors (Lipinski definition) is 4. The fraction of sp³-hybridized carbons (Fsp3) is 0.375. The largest absolute Gasteiger partial charge is 0.349 e. The van der Waals surface area contributed by atoms with Gasteiger partial charge < -0.3 is 10.7 Å². The molecular formula is C16H20N4O. The summed E-state index contributed by atoms with van der Waals surface area (Å²) >= 11 is 0. The van der Waals surface area contributed by atoms with E-state index in [4.69, 9.17) is 5.84 Å². The lowest BCUT2D eigenvalue weighted by Crippen LogP contribution is -2.33. The molecule has 5 heteroatoms. The molecule has 0 spiro atoms. The molecule has 21 heavy (non-hydrogen) atoms. The van der Waals surface area contributed by atoms with Crippen LogP contribution in [-0.2, 0) is 0 Å². The molecule has 110 valence electrons. The first kappa shape index (κ1) is 13.8. The van der Waals surface area contributed by atoms with E-state index in [0.717, 1.165) is 23.7 Å². The van der Waals surface area contributed by atoms with Crippen molar-refractivity contribution in [3.63, 3.8) is 0 Å². The lowest BCUT2D eigenvalue weighted by atomic mass is 10.1. The molecule has 2 atom stereocenters. The van der Waals surface area contributed by atoms with Crippen molar-refractivity contribution >= 4 is 22.6 Å². The first-order valence-corrected chi connectivity index (χ1v) is 7.34. The second-order valence-electron chi connectivity index (χ2n) is 5.81. The molecule has 0 aliphatic heterocycles. The van der Waals surface area contributed by atoms with Gasteiger partial charge in [0.1, 0.15) is 5.82 Å². The molecule has 1 aliphatic carbocycles. The summed E-state index contributed by atoms with van der Waals surface area (Å²) in [5.41, 5.74) is 3.90. The monoisotopic (exact) mass is 284 g/mol. The number of nitrogens with two attached hydrogens (primary N) is 1. The van der Waals surface area contributed by atoms with Crippen LogP contribution in [0.5, 0.6) is 0 Å². The van der Waals surface area contributed by atoms with E-state index in [0.29, 0.717) is 17.3 Å². The number of anilines is 1. The first-order valence-electron chi connectivity index (χ1n) is 7.34. The molecular weight excluding hydrogens is 264 g/mol. The number of hydrogen-bond donors (Lipinski definition) is 3. The predicted octanol–water partition coefficient (Wildman–Crippen LogP) is 2.44. The molecule has 0 bridgehead atoms. The Balaban J connectivity index is 1.92. The minimum absolute atomic E-state index is 0.0517. The predicted molar refractivity (Wildman–Crippen MR) is 83.8 cm³/mol. The maximum atomic E-state index is 12.6. The van der Waals surface area contributed by atoms with Crippen LogP contribution in [0.4, 0.5) is 5.82 Å². The number of fused-ring (bicyclic) bond motifs is 1. The van der Waals surface area contributed by atoms with Gasteiger partial charge in [-0.2, -0.15) is 0 Å². The van der Waals surface area contributed by atoms with Crippen LogP contribution in [0.1, 0.15) is 36.5 Å². The minimum atomic E-state index is -0.0517. The van der Waals surface area contributed by atoms with Gasteiger partial charge >= 0.3 is 0 Å². The van der Waals surface area contributed by atoms with Crippen LogP contribution < -0.4 is 16.6 Å². The molecule has 5 nitrogen and oxygen atoms in total. The number of carbonyl (C=O) groups is 1. The highest BCUT2D eigenvalue weighted by atomic mass is 16.1. The van der Waals surface area contributed by atoms with Crippen molar-refractivity contribution in [2.45, 2.75) is 32.2 Å². The third kappa shape index (κ3) is 2.83. The van der Waals surface area contributed by atoms with Gasteiger partial charge in [0.05, 0.1) is 11.1 Å². The van der Waals surface area contributed by atoms with Gasteiger partial charge in [0.15, 0.2) is 0 Å². The number of nitrogen functional groups attached to an aromatic ring is 1. The quantitative estimate of drug-likeness (QED) is 0.597. The van der Waals surface area contributed by atoms with Gasteiger partial charge in [-0.3, -0.25) is 4.79 Å². The Morgan fingerprint density at radius 1 is 1.33 bits per heavy atom. The second-order valence-corrected chi connectivity index (χ2v) is 5.81. The van der Waals surface area contributed by atoms with E-state index in [-0.39, 0.29) is 11.9 Å². The summed E-state index contributed by atoms with van der Waals surface area (Å²) in [5.74, 6) is 6.58. The summed E-state index contributed by atoms with van der Waals surface area (Å²) in [5, 5.41) is 3.98. The molecule has 2 aromatic rings. The lowest BCUT2D eigenvalue weighted by Gasteiger charge is -2.14. The van der Waals surface area contributed by atoms with Crippen molar-refractivity contribution in [2.75, 3.05) is 5.43 Å². The Labute approximate surface area is 123 Å². The fourth-order valence-electron chi connectivity index (χ4n) is 3.04. The molecule has 2 unspecified atom stereocenters. The molecule has 1 aromatic heterocycles. The highest BCUT2D eigenvalue weighted by Gasteiger charge is 2.24. The Bertz CT molecular complexity index is 670. The molecule has 0 radical (unpaired) electrons. The maximum absolute atomic E-state index is 12.6. The van der Waals surface area contributed by atoms with Crippen molar-refractivity contribution in [2.24, 2.45) is 11.8 Å². The van der Waals surface area contributed by atoms with Crippen molar-refractivity contribution < 1.29 is 4.79 Å². The summed E-state index contributed by atoms with van der Waals surface area (Å²) in [6.07, 6.45) is 3.28. The maximum Gasteiger partial charge on any atom is 0.252 e. The number of pyridine rings is 1. The van der Waals surface area contributed by atoms with Crippen molar-refractivity contribution in [1.82, 2.24) is 10.3 Å². The Morgan fingerprint density at radius 3 is 2.86 bits per heavy atom. The number of para-hydroxylation sites is 1. The first-order chi connectivity index (χ1) is 10.2. The van der Waals surface area contributed by atoms with Crippen LogP contribution in [-0.4, -0.2) is 16.9 Å². The van der Waals surface area contributed by atoms with Crippen molar-refractivity contribution in [3.8, 4) is 0 Å². The number of rotatable bonds is 3. The molecule has 1 aliphatic rings. The van der Waals surface area contributed by atoms with Gasteiger partial charge in [0.25, 0.3) is 5.91 Å². The van der Waals surface area contributed by atoms with E-state index in [2.05, 4.69) is 22.7 Å². The van der Waals surface area contributed by atoms with Crippen molar-refractivity contribution in [1.29, 1.82) is 0 Å². The Morgan fingerprint density at radius 2 is 2.14 bits per heavy atom.